The molecule has 2 aromatic rings. The number of hydrogen-bond donors (Lipinski definition) is 3. The van der Waals surface area contributed by atoms with E-state index in [1.165, 1.54) is 0 Å². The number of nitrogens with two attached hydrogens (primary N) is 1. The molecule has 0 aliphatic carbocycles. The van der Waals surface area contributed by atoms with Gasteiger partial charge in [-0.1, -0.05) is 0 Å². The molecule has 2 rings (SSSR count). The van der Waals surface area contributed by atoms with E-state index in [0.717, 1.165) is 16.6 Å². The minimum atomic E-state index is -0.00505. The molecule has 0 aliphatic heterocycles. The van der Waals surface area contributed by atoms with Crippen LogP contribution in [0.4, 0.5) is 0 Å². The molecular formula is C10H12N2O. The normalized spacial score (nSPS) is 13.4. The van der Waals surface area contributed by atoms with Crippen LogP contribution >= 0.6 is 0 Å². The number of benzene rings is 1. The fourth-order valence-electron chi connectivity index (χ4n) is 1.39. The Morgan fingerprint density at radius 3 is 2.85 bits per heavy atom. The number of aromatic hydroxyl groups is 1. The number of rotatable bonds is 1. The predicted molar refractivity (Wildman–Crippen MR) is 52.6 cm³/mol. The third kappa shape index (κ3) is 1.38. The number of phenolic OH excluding ortho intramolecular Hbond substituents is 1. The molecule has 0 fully saturated rings. The van der Waals surface area contributed by atoms with Crippen LogP contribution in [-0.2, 0) is 0 Å². The number of H-pyrrole nitrogens is 1. The van der Waals surface area contributed by atoms with E-state index in [0.29, 0.717) is 0 Å². The molecule has 13 heavy (non-hydrogen) atoms. The highest BCUT2D eigenvalue weighted by molar-refractivity contribution is 5.81. The highest BCUT2D eigenvalue weighted by Crippen LogP contribution is 2.22. The number of aromatic amines is 1. The summed E-state index contributed by atoms with van der Waals surface area (Å²) in [6.07, 6.45) is 0. The molecular weight excluding hydrogens is 164 g/mol. The van der Waals surface area contributed by atoms with Crippen LogP contribution in [0, 0.1) is 0 Å². The van der Waals surface area contributed by atoms with Crippen molar-refractivity contribution >= 4 is 10.9 Å². The summed E-state index contributed by atoms with van der Waals surface area (Å²) in [7, 11) is 0. The fraction of sp³-hybridized carbons (Fsp3) is 0.200. The van der Waals surface area contributed by atoms with Gasteiger partial charge in [0.2, 0.25) is 0 Å². The summed E-state index contributed by atoms with van der Waals surface area (Å²) in [5, 5.41) is 10.2. The largest absolute Gasteiger partial charge is 0.508 e. The molecule has 0 spiro atoms. The summed E-state index contributed by atoms with van der Waals surface area (Å²) in [4.78, 5) is 3.19. The Morgan fingerprint density at radius 1 is 1.38 bits per heavy atom. The second-order valence-electron chi connectivity index (χ2n) is 3.28. The molecule has 3 heteroatoms. The number of nitrogens with one attached hydrogen (secondary N) is 1. The zero-order valence-corrected chi connectivity index (χ0v) is 7.41. The number of phenols is 1. The van der Waals surface area contributed by atoms with Crippen LogP contribution in [0.3, 0.4) is 0 Å². The average molecular weight is 176 g/mol. The third-order valence-electron chi connectivity index (χ3n) is 2.12. The second kappa shape index (κ2) is 2.78. The first-order chi connectivity index (χ1) is 6.16. The zero-order chi connectivity index (χ0) is 9.42. The van der Waals surface area contributed by atoms with Gasteiger partial charge in [0.25, 0.3) is 0 Å². The Hall–Kier alpha value is -1.48. The van der Waals surface area contributed by atoms with E-state index in [2.05, 4.69) is 4.98 Å². The van der Waals surface area contributed by atoms with E-state index in [-0.39, 0.29) is 11.8 Å². The summed E-state index contributed by atoms with van der Waals surface area (Å²) in [6, 6.07) is 7.17. The molecule has 3 nitrogen and oxygen atoms in total. The van der Waals surface area contributed by atoms with Gasteiger partial charge in [0.1, 0.15) is 5.75 Å². The Kier molecular flexibility index (Phi) is 1.74. The predicted octanol–water partition coefficient (Wildman–Crippen LogP) is 1.89. The number of hydrogen-bond acceptors (Lipinski definition) is 2. The van der Waals surface area contributed by atoms with E-state index in [4.69, 9.17) is 5.73 Å². The van der Waals surface area contributed by atoms with Gasteiger partial charge in [-0.25, -0.2) is 0 Å². The van der Waals surface area contributed by atoms with E-state index < -0.39 is 0 Å². The van der Waals surface area contributed by atoms with Gasteiger partial charge in [-0.2, -0.15) is 0 Å². The van der Waals surface area contributed by atoms with E-state index in [1.807, 2.05) is 19.1 Å². The molecule has 1 aromatic carbocycles. The van der Waals surface area contributed by atoms with Crippen LogP contribution in [-0.4, -0.2) is 10.1 Å². The fourth-order valence-corrected chi connectivity index (χ4v) is 1.39. The lowest BCUT2D eigenvalue weighted by Crippen LogP contribution is -2.04. The molecule has 4 N–H and O–H groups in total. The Morgan fingerprint density at radius 2 is 2.15 bits per heavy atom. The van der Waals surface area contributed by atoms with Crippen LogP contribution in [0.15, 0.2) is 24.3 Å². The topological polar surface area (TPSA) is 62.0 Å². The maximum absolute atomic E-state index is 9.23. The summed E-state index contributed by atoms with van der Waals surface area (Å²) in [5.74, 6) is 0.280. The van der Waals surface area contributed by atoms with Gasteiger partial charge in [0.15, 0.2) is 0 Å². The summed E-state index contributed by atoms with van der Waals surface area (Å²) >= 11 is 0. The van der Waals surface area contributed by atoms with Gasteiger partial charge in [0.05, 0.1) is 0 Å². The standard InChI is InChI=1S/C10H12N2O/c1-6(11)10-5-7-4-8(13)2-3-9(7)12-10/h2-6,12-13H,11H2,1H3/t6-/m1/s1. The highest BCUT2D eigenvalue weighted by atomic mass is 16.3. The lowest BCUT2D eigenvalue weighted by molar-refractivity contribution is 0.476. The number of aromatic nitrogens is 1. The average Bonchev–Trinajstić information content (AvgIpc) is 2.46. The van der Waals surface area contributed by atoms with E-state index in [9.17, 15) is 5.11 Å². The molecule has 0 bridgehead atoms. The quantitative estimate of drug-likeness (QED) is 0.621. The van der Waals surface area contributed by atoms with Crippen molar-refractivity contribution in [3.05, 3.63) is 30.0 Å². The minimum absolute atomic E-state index is 0.00505. The van der Waals surface area contributed by atoms with Crippen molar-refractivity contribution in [3.63, 3.8) is 0 Å². The first-order valence-electron chi connectivity index (χ1n) is 4.24. The van der Waals surface area contributed by atoms with E-state index >= 15 is 0 Å². The Balaban J connectivity index is 2.62. The molecule has 0 amide bonds. The summed E-state index contributed by atoms with van der Waals surface area (Å²) in [6.45, 7) is 1.92. The van der Waals surface area contributed by atoms with Crippen LogP contribution < -0.4 is 5.73 Å². The zero-order valence-electron chi connectivity index (χ0n) is 7.41. The van der Waals surface area contributed by atoms with Gasteiger partial charge in [0, 0.05) is 22.6 Å². The number of fused-ring (bicyclic) bond motifs is 1. The van der Waals surface area contributed by atoms with Crippen molar-refractivity contribution in [3.8, 4) is 5.75 Å². The Bertz CT molecular complexity index is 431. The first-order valence-corrected chi connectivity index (χ1v) is 4.24. The smallest absolute Gasteiger partial charge is 0.116 e. The molecule has 0 aliphatic rings. The molecule has 0 saturated heterocycles. The molecule has 1 aromatic heterocycles. The minimum Gasteiger partial charge on any atom is -0.508 e. The van der Waals surface area contributed by atoms with Gasteiger partial charge in [-0.15, -0.1) is 0 Å². The maximum atomic E-state index is 9.23. The molecule has 1 heterocycles. The van der Waals surface area contributed by atoms with Crippen molar-refractivity contribution in [1.29, 1.82) is 0 Å². The van der Waals surface area contributed by atoms with Crippen LogP contribution in [0.5, 0.6) is 5.75 Å². The Labute approximate surface area is 76.2 Å². The molecule has 0 saturated carbocycles. The third-order valence-corrected chi connectivity index (χ3v) is 2.12. The van der Waals surface area contributed by atoms with Crippen molar-refractivity contribution in [2.45, 2.75) is 13.0 Å². The summed E-state index contributed by atoms with van der Waals surface area (Å²) in [5.41, 5.74) is 7.71. The monoisotopic (exact) mass is 176 g/mol. The van der Waals surface area contributed by atoms with E-state index in [1.54, 1.807) is 12.1 Å². The van der Waals surface area contributed by atoms with Gasteiger partial charge in [-0.05, 0) is 31.2 Å². The van der Waals surface area contributed by atoms with Crippen molar-refractivity contribution in [1.82, 2.24) is 4.98 Å². The van der Waals surface area contributed by atoms with Gasteiger partial charge < -0.3 is 15.8 Å². The molecule has 0 unspecified atom stereocenters. The van der Waals surface area contributed by atoms with Gasteiger partial charge >= 0.3 is 0 Å². The lowest BCUT2D eigenvalue weighted by atomic mass is 10.2. The molecule has 68 valence electrons. The molecule has 0 radical (unpaired) electrons. The van der Waals surface area contributed by atoms with Crippen LogP contribution in [0.25, 0.3) is 10.9 Å². The highest BCUT2D eigenvalue weighted by Gasteiger charge is 2.04. The van der Waals surface area contributed by atoms with Crippen molar-refractivity contribution < 1.29 is 5.11 Å². The summed E-state index contributed by atoms with van der Waals surface area (Å²) < 4.78 is 0. The SMILES string of the molecule is C[C@@H](N)c1cc2cc(O)ccc2[nH]1. The first kappa shape index (κ1) is 8.13. The van der Waals surface area contributed by atoms with Crippen molar-refractivity contribution in [2.24, 2.45) is 5.73 Å². The van der Waals surface area contributed by atoms with Gasteiger partial charge in [-0.3, -0.25) is 0 Å². The van der Waals surface area contributed by atoms with Crippen molar-refractivity contribution in [2.75, 3.05) is 0 Å². The van der Waals surface area contributed by atoms with Crippen LogP contribution in [0.1, 0.15) is 18.7 Å². The lowest BCUT2D eigenvalue weighted by Gasteiger charge is -1.98. The maximum Gasteiger partial charge on any atom is 0.116 e. The second-order valence-corrected chi connectivity index (χ2v) is 3.28. The van der Waals surface area contributed by atoms with Crippen LogP contribution in [0.2, 0.25) is 0 Å². The molecule has 1 atom stereocenters.